The molecule has 1 fully saturated rings. The third-order valence-corrected chi connectivity index (χ3v) is 5.13. The number of carbonyl (C=O) groups excluding carboxylic acids is 2. The molecular weight excluding hydrogens is 388 g/mol. The van der Waals surface area contributed by atoms with E-state index in [-0.39, 0.29) is 17.5 Å². The highest BCUT2D eigenvalue weighted by atomic mass is 16.6. The van der Waals surface area contributed by atoms with Gasteiger partial charge in [0.1, 0.15) is 6.04 Å². The number of aryl methyl sites for hydroxylation is 1. The minimum Gasteiger partial charge on any atom is -0.327 e. The first-order valence-electron chi connectivity index (χ1n) is 9.80. The van der Waals surface area contributed by atoms with Crippen molar-refractivity contribution in [1.29, 1.82) is 0 Å². The van der Waals surface area contributed by atoms with Gasteiger partial charge in [-0.25, -0.2) is 0 Å². The summed E-state index contributed by atoms with van der Waals surface area (Å²) in [4.78, 5) is 39.9. The summed E-state index contributed by atoms with van der Waals surface area (Å²) in [6, 6.07) is 3.69. The molecule has 2 amide bonds. The topological polar surface area (TPSA) is 114 Å². The van der Waals surface area contributed by atoms with Gasteiger partial charge in [0.05, 0.1) is 23.4 Å². The Bertz CT molecular complexity index is 955. The highest BCUT2D eigenvalue weighted by Gasteiger charge is 2.35. The van der Waals surface area contributed by atoms with Gasteiger partial charge in [0.15, 0.2) is 0 Å². The van der Waals surface area contributed by atoms with Crippen LogP contribution in [0, 0.1) is 17.0 Å². The maximum absolute atomic E-state index is 13.0. The number of nitrogens with zero attached hydrogens (tertiary/aromatic N) is 5. The quantitative estimate of drug-likeness (QED) is 0.547. The van der Waals surface area contributed by atoms with E-state index >= 15 is 0 Å². The van der Waals surface area contributed by atoms with Gasteiger partial charge in [-0.05, 0) is 46.0 Å². The molecule has 1 aromatic heterocycles. The smallest absolute Gasteiger partial charge is 0.272 e. The molecule has 1 N–H and O–H groups in total. The Morgan fingerprint density at radius 1 is 1.37 bits per heavy atom. The number of nitro groups is 1. The Morgan fingerprint density at radius 3 is 2.80 bits per heavy atom. The van der Waals surface area contributed by atoms with E-state index in [1.165, 1.54) is 23.1 Å². The summed E-state index contributed by atoms with van der Waals surface area (Å²) in [5.41, 5.74) is 1.31. The lowest BCUT2D eigenvalue weighted by Gasteiger charge is -2.24. The first-order valence-corrected chi connectivity index (χ1v) is 9.80. The third kappa shape index (κ3) is 4.82. The molecule has 2 heterocycles. The second-order valence-corrected chi connectivity index (χ2v) is 7.70. The molecule has 1 unspecified atom stereocenters. The molecule has 0 bridgehead atoms. The Hall–Kier alpha value is -3.27. The second kappa shape index (κ2) is 9.04. The van der Waals surface area contributed by atoms with Gasteiger partial charge >= 0.3 is 0 Å². The molecule has 1 aliphatic heterocycles. The minimum absolute atomic E-state index is 0.0338. The maximum atomic E-state index is 13.0. The summed E-state index contributed by atoms with van der Waals surface area (Å²) in [6.07, 6.45) is 4.65. The van der Waals surface area contributed by atoms with Crippen molar-refractivity contribution in [3.05, 3.63) is 51.8 Å². The molecule has 1 atom stereocenters. The highest BCUT2D eigenvalue weighted by molar-refractivity contribution is 6.01. The van der Waals surface area contributed by atoms with Gasteiger partial charge in [-0.2, -0.15) is 5.10 Å². The highest BCUT2D eigenvalue weighted by Crippen LogP contribution is 2.24. The number of hydrogen-bond acceptors (Lipinski definition) is 6. The fourth-order valence-corrected chi connectivity index (χ4v) is 3.52. The standard InChI is InChI=1S/C20H26N6O4/c1-14-11-15(6-7-17(14)26(29)30)20(28)25-8-4-5-18(25)19(27)22-16-12-21-24(13-16)10-9-23(2)3/h6-7,11-13,18H,4-5,8-10H2,1-3H3,(H,22,27). The largest absolute Gasteiger partial charge is 0.327 e. The molecule has 0 saturated carbocycles. The Kier molecular flexibility index (Phi) is 6.46. The second-order valence-electron chi connectivity index (χ2n) is 7.70. The van der Waals surface area contributed by atoms with Gasteiger partial charge in [-0.15, -0.1) is 0 Å². The van der Waals surface area contributed by atoms with Crippen molar-refractivity contribution in [3.8, 4) is 0 Å². The summed E-state index contributed by atoms with van der Waals surface area (Å²) >= 11 is 0. The first kappa shape index (κ1) is 21.4. The summed E-state index contributed by atoms with van der Waals surface area (Å²) in [5, 5.41) is 18.1. The summed E-state index contributed by atoms with van der Waals surface area (Å²) < 4.78 is 1.76. The normalized spacial score (nSPS) is 16.1. The number of nitrogens with one attached hydrogen (secondary N) is 1. The molecule has 10 nitrogen and oxygen atoms in total. The molecule has 0 spiro atoms. The van der Waals surface area contributed by atoms with Crippen molar-refractivity contribution in [1.82, 2.24) is 19.6 Å². The molecule has 0 radical (unpaired) electrons. The van der Waals surface area contributed by atoms with Gasteiger partial charge in [-0.3, -0.25) is 24.4 Å². The zero-order chi connectivity index (χ0) is 21.8. The Labute approximate surface area is 174 Å². The zero-order valence-electron chi connectivity index (χ0n) is 17.4. The number of likely N-dealkylation sites (N-methyl/N-ethyl adjacent to an activating group) is 1. The fourth-order valence-electron chi connectivity index (χ4n) is 3.52. The number of rotatable bonds is 7. The minimum atomic E-state index is -0.585. The molecule has 30 heavy (non-hydrogen) atoms. The van der Waals surface area contributed by atoms with E-state index in [9.17, 15) is 19.7 Å². The predicted octanol–water partition coefficient (Wildman–Crippen LogP) is 1.90. The number of aromatic nitrogens is 2. The molecule has 0 aliphatic carbocycles. The molecule has 1 aromatic carbocycles. The fraction of sp³-hybridized carbons (Fsp3) is 0.450. The van der Waals surface area contributed by atoms with Crippen molar-refractivity contribution in [3.63, 3.8) is 0 Å². The number of nitro benzene ring substituents is 1. The van der Waals surface area contributed by atoms with Crippen molar-refractivity contribution >= 4 is 23.2 Å². The van der Waals surface area contributed by atoms with Gasteiger partial charge in [0.25, 0.3) is 11.6 Å². The van der Waals surface area contributed by atoms with Crippen molar-refractivity contribution in [2.24, 2.45) is 0 Å². The number of likely N-dealkylation sites (tertiary alicyclic amines) is 1. The first-order chi connectivity index (χ1) is 14.3. The van der Waals surface area contributed by atoms with E-state index in [1.807, 2.05) is 19.0 Å². The molecule has 3 rings (SSSR count). The SMILES string of the molecule is Cc1cc(C(=O)N2CCCC2C(=O)Nc2cnn(CCN(C)C)c2)ccc1[N+](=O)[O-]. The number of benzene rings is 1. The average Bonchev–Trinajstić information content (AvgIpc) is 3.34. The van der Waals surface area contributed by atoms with E-state index in [1.54, 1.807) is 24.0 Å². The lowest BCUT2D eigenvalue weighted by molar-refractivity contribution is -0.385. The van der Waals surface area contributed by atoms with Gasteiger partial charge in [0.2, 0.25) is 5.91 Å². The van der Waals surface area contributed by atoms with Crippen LogP contribution in [0.15, 0.2) is 30.6 Å². The van der Waals surface area contributed by atoms with Gasteiger partial charge < -0.3 is 15.1 Å². The zero-order valence-corrected chi connectivity index (χ0v) is 17.4. The molecule has 10 heteroatoms. The van der Waals surface area contributed by atoms with E-state index < -0.39 is 11.0 Å². The lowest BCUT2D eigenvalue weighted by Crippen LogP contribution is -2.43. The molecule has 1 aliphatic rings. The number of amides is 2. The number of carbonyl (C=O) groups is 2. The van der Waals surface area contributed by atoms with Gasteiger partial charge in [-0.1, -0.05) is 0 Å². The lowest BCUT2D eigenvalue weighted by atomic mass is 10.1. The van der Waals surface area contributed by atoms with Crippen molar-refractivity contribution < 1.29 is 14.5 Å². The van der Waals surface area contributed by atoms with Crippen molar-refractivity contribution in [2.45, 2.75) is 32.4 Å². The van der Waals surface area contributed by atoms with Crippen LogP contribution in [-0.4, -0.2) is 69.5 Å². The van der Waals surface area contributed by atoms with Crippen LogP contribution in [0.3, 0.4) is 0 Å². The van der Waals surface area contributed by atoms with Crippen LogP contribution in [0.25, 0.3) is 0 Å². The molecule has 2 aromatic rings. The summed E-state index contributed by atoms with van der Waals surface area (Å²) in [6.45, 7) is 3.59. The Morgan fingerprint density at radius 2 is 2.13 bits per heavy atom. The summed E-state index contributed by atoms with van der Waals surface area (Å²) in [7, 11) is 3.95. The van der Waals surface area contributed by atoms with Gasteiger partial charge in [0, 0.05) is 36.5 Å². The van der Waals surface area contributed by atoms with E-state index in [0.29, 0.717) is 36.3 Å². The van der Waals surface area contributed by atoms with E-state index in [4.69, 9.17) is 0 Å². The summed E-state index contributed by atoms with van der Waals surface area (Å²) in [5.74, 6) is -0.557. The third-order valence-electron chi connectivity index (χ3n) is 5.13. The van der Waals surface area contributed by atoms with Crippen LogP contribution in [0.4, 0.5) is 11.4 Å². The van der Waals surface area contributed by atoms with Crippen LogP contribution >= 0.6 is 0 Å². The monoisotopic (exact) mass is 414 g/mol. The Balaban J connectivity index is 1.67. The molecule has 1 saturated heterocycles. The molecular formula is C20H26N6O4. The number of hydrogen-bond donors (Lipinski definition) is 1. The molecule has 160 valence electrons. The van der Waals surface area contributed by atoms with Crippen LogP contribution in [-0.2, 0) is 11.3 Å². The maximum Gasteiger partial charge on any atom is 0.272 e. The predicted molar refractivity (Wildman–Crippen MR) is 111 cm³/mol. The van der Waals surface area contributed by atoms with Crippen LogP contribution in [0.5, 0.6) is 0 Å². The van der Waals surface area contributed by atoms with Crippen molar-refractivity contribution in [2.75, 3.05) is 32.5 Å². The average molecular weight is 414 g/mol. The number of anilines is 1. The van der Waals surface area contributed by atoms with E-state index in [2.05, 4.69) is 10.4 Å². The van der Waals surface area contributed by atoms with E-state index in [0.717, 1.165) is 13.0 Å². The van der Waals surface area contributed by atoms with Crippen LogP contribution < -0.4 is 5.32 Å². The van der Waals surface area contributed by atoms with Crippen LogP contribution in [0.2, 0.25) is 0 Å². The van der Waals surface area contributed by atoms with Crippen LogP contribution in [0.1, 0.15) is 28.8 Å².